The second-order valence-corrected chi connectivity index (χ2v) is 4.05. The van der Waals surface area contributed by atoms with Gasteiger partial charge < -0.3 is 10.2 Å². The lowest BCUT2D eigenvalue weighted by atomic mass is 9.94. The number of aliphatic hydroxyl groups excluding tert-OH is 1. The molecule has 0 bridgehead atoms. The van der Waals surface area contributed by atoms with Crippen molar-refractivity contribution in [2.75, 3.05) is 6.61 Å². The molecule has 0 aliphatic rings. The van der Waals surface area contributed by atoms with Crippen LogP contribution >= 0.6 is 0 Å². The molecule has 3 nitrogen and oxygen atoms in total. The highest BCUT2D eigenvalue weighted by molar-refractivity contribution is 5.76. The summed E-state index contributed by atoms with van der Waals surface area (Å²) < 4.78 is 0. The number of rotatable bonds is 5. The Balaban J connectivity index is 2.89. The molecular weight excluding hydrogens is 204 g/mol. The van der Waals surface area contributed by atoms with Crippen LogP contribution in [0.1, 0.15) is 43.2 Å². The maximum absolute atomic E-state index is 10.8. The number of carbonyl (C=O) groups is 1. The number of aliphatic carboxylic acids is 1. The first-order chi connectivity index (χ1) is 7.60. The summed E-state index contributed by atoms with van der Waals surface area (Å²) in [5.41, 5.74) is 1.86. The number of benzene rings is 1. The van der Waals surface area contributed by atoms with E-state index in [1.165, 1.54) is 5.56 Å². The Morgan fingerprint density at radius 2 is 1.75 bits per heavy atom. The lowest BCUT2D eigenvalue weighted by Gasteiger charge is -2.12. The lowest BCUT2D eigenvalue weighted by Crippen LogP contribution is -2.15. The van der Waals surface area contributed by atoms with Gasteiger partial charge in [0.25, 0.3) is 0 Å². The molecule has 0 aliphatic heterocycles. The Morgan fingerprint density at radius 3 is 2.12 bits per heavy atom. The van der Waals surface area contributed by atoms with Crippen LogP contribution in [0.25, 0.3) is 0 Å². The molecule has 16 heavy (non-hydrogen) atoms. The molecule has 0 radical (unpaired) electrons. The van der Waals surface area contributed by atoms with Gasteiger partial charge in [-0.1, -0.05) is 38.1 Å². The van der Waals surface area contributed by atoms with Crippen LogP contribution in [0.2, 0.25) is 0 Å². The molecule has 1 aromatic rings. The van der Waals surface area contributed by atoms with E-state index in [1.54, 1.807) is 12.1 Å². The van der Waals surface area contributed by atoms with E-state index in [1.807, 2.05) is 12.1 Å². The molecule has 88 valence electrons. The van der Waals surface area contributed by atoms with Gasteiger partial charge in [0.1, 0.15) is 5.92 Å². The van der Waals surface area contributed by atoms with E-state index in [0.717, 1.165) is 6.42 Å². The highest BCUT2D eigenvalue weighted by atomic mass is 16.4. The van der Waals surface area contributed by atoms with Crippen molar-refractivity contribution >= 4 is 5.97 Å². The maximum Gasteiger partial charge on any atom is 0.313 e. The largest absolute Gasteiger partial charge is 0.481 e. The molecule has 1 rings (SSSR count). The second-order valence-electron chi connectivity index (χ2n) is 4.05. The van der Waals surface area contributed by atoms with Gasteiger partial charge in [0.15, 0.2) is 0 Å². The topological polar surface area (TPSA) is 57.5 Å². The predicted octanol–water partition coefficient (Wildman–Crippen LogP) is 2.36. The summed E-state index contributed by atoms with van der Waals surface area (Å²) in [6.07, 6.45) is 1.06. The average Bonchev–Trinajstić information content (AvgIpc) is 2.29. The third-order valence-corrected chi connectivity index (χ3v) is 3.00. The first-order valence-electron chi connectivity index (χ1n) is 5.53. The number of aliphatic hydroxyl groups is 1. The molecule has 2 atom stereocenters. The molecule has 0 heterocycles. The molecule has 0 spiro atoms. The van der Waals surface area contributed by atoms with E-state index < -0.39 is 11.9 Å². The smallest absolute Gasteiger partial charge is 0.313 e. The highest BCUT2D eigenvalue weighted by Gasteiger charge is 2.18. The fourth-order valence-corrected chi connectivity index (χ4v) is 1.62. The second kappa shape index (κ2) is 5.66. The lowest BCUT2D eigenvalue weighted by molar-refractivity contribution is -0.139. The molecular formula is C13H18O3. The summed E-state index contributed by atoms with van der Waals surface area (Å²) in [7, 11) is 0. The van der Waals surface area contributed by atoms with Gasteiger partial charge in [-0.3, -0.25) is 4.79 Å². The van der Waals surface area contributed by atoms with Crippen molar-refractivity contribution in [2.45, 2.75) is 32.1 Å². The van der Waals surface area contributed by atoms with Crippen molar-refractivity contribution < 1.29 is 15.0 Å². The molecule has 0 saturated heterocycles. The standard InChI is InChI=1S/C13H18O3/c1-3-9(2)10-4-6-11(7-5-10)12(8-14)13(15)16/h4-7,9,12,14H,3,8H2,1-2H3,(H,15,16). The van der Waals surface area contributed by atoms with Gasteiger partial charge in [-0.05, 0) is 23.5 Å². The van der Waals surface area contributed by atoms with E-state index in [9.17, 15) is 4.79 Å². The monoisotopic (exact) mass is 222 g/mol. The van der Waals surface area contributed by atoms with Gasteiger partial charge >= 0.3 is 5.97 Å². The van der Waals surface area contributed by atoms with Crippen LogP contribution in [0.5, 0.6) is 0 Å². The third-order valence-electron chi connectivity index (χ3n) is 3.00. The van der Waals surface area contributed by atoms with Crippen LogP contribution in [0.4, 0.5) is 0 Å². The Labute approximate surface area is 95.7 Å². The van der Waals surface area contributed by atoms with Crippen molar-refractivity contribution in [1.29, 1.82) is 0 Å². The minimum absolute atomic E-state index is 0.363. The Hall–Kier alpha value is -1.35. The zero-order valence-electron chi connectivity index (χ0n) is 9.68. The minimum Gasteiger partial charge on any atom is -0.481 e. The van der Waals surface area contributed by atoms with E-state index >= 15 is 0 Å². The molecule has 2 N–H and O–H groups in total. The molecule has 2 unspecified atom stereocenters. The van der Waals surface area contributed by atoms with Gasteiger partial charge in [0, 0.05) is 0 Å². The van der Waals surface area contributed by atoms with Gasteiger partial charge in [-0.25, -0.2) is 0 Å². The fraction of sp³-hybridized carbons (Fsp3) is 0.462. The van der Waals surface area contributed by atoms with Gasteiger partial charge in [-0.15, -0.1) is 0 Å². The number of hydrogen-bond acceptors (Lipinski definition) is 2. The zero-order chi connectivity index (χ0) is 12.1. The summed E-state index contributed by atoms with van der Waals surface area (Å²) in [4.78, 5) is 10.8. The zero-order valence-corrected chi connectivity index (χ0v) is 9.68. The molecule has 3 heteroatoms. The van der Waals surface area contributed by atoms with E-state index in [0.29, 0.717) is 11.5 Å². The van der Waals surface area contributed by atoms with E-state index in [4.69, 9.17) is 10.2 Å². The van der Waals surface area contributed by atoms with Crippen molar-refractivity contribution in [2.24, 2.45) is 0 Å². The first kappa shape index (κ1) is 12.7. The van der Waals surface area contributed by atoms with Crippen molar-refractivity contribution in [3.05, 3.63) is 35.4 Å². The molecule has 0 aliphatic carbocycles. The van der Waals surface area contributed by atoms with Crippen molar-refractivity contribution in [3.8, 4) is 0 Å². The van der Waals surface area contributed by atoms with Crippen molar-refractivity contribution in [1.82, 2.24) is 0 Å². The van der Waals surface area contributed by atoms with E-state index in [2.05, 4.69) is 13.8 Å². The van der Waals surface area contributed by atoms with Crippen LogP contribution in [-0.4, -0.2) is 22.8 Å². The van der Waals surface area contributed by atoms with Gasteiger partial charge in [0.2, 0.25) is 0 Å². The Kier molecular flexibility index (Phi) is 4.50. The van der Waals surface area contributed by atoms with Gasteiger partial charge in [0.05, 0.1) is 6.61 Å². The minimum atomic E-state index is -0.987. The van der Waals surface area contributed by atoms with Gasteiger partial charge in [-0.2, -0.15) is 0 Å². The molecule has 0 amide bonds. The quantitative estimate of drug-likeness (QED) is 0.804. The normalized spacial score (nSPS) is 14.4. The number of hydrogen-bond donors (Lipinski definition) is 2. The Bertz CT molecular complexity index is 343. The number of carboxylic acid groups (broad SMARTS) is 1. The van der Waals surface area contributed by atoms with E-state index in [-0.39, 0.29) is 6.61 Å². The van der Waals surface area contributed by atoms with Crippen LogP contribution in [0.3, 0.4) is 0 Å². The summed E-state index contributed by atoms with van der Waals surface area (Å²) in [6, 6.07) is 7.46. The number of carboxylic acids is 1. The van der Waals surface area contributed by atoms with Crippen LogP contribution < -0.4 is 0 Å². The summed E-state index contributed by atoms with van der Waals surface area (Å²) in [6.45, 7) is 3.89. The summed E-state index contributed by atoms with van der Waals surface area (Å²) in [5, 5.41) is 17.9. The average molecular weight is 222 g/mol. The SMILES string of the molecule is CCC(C)c1ccc(C(CO)C(=O)O)cc1. The molecule has 0 fully saturated rings. The third kappa shape index (κ3) is 2.83. The fourth-order valence-electron chi connectivity index (χ4n) is 1.62. The van der Waals surface area contributed by atoms with Crippen molar-refractivity contribution in [3.63, 3.8) is 0 Å². The van der Waals surface area contributed by atoms with Crippen LogP contribution in [-0.2, 0) is 4.79 Å². The predicted molar refractivity (Wildman–Crippen MR) is 62.6 cm³/mol. The first-order valence-corrected chi connectivity index (χ1v) is 5.53. The van der Waals surface area contributed by atoms with Crippen LogP contribution in [0, 0.1) is 0 Å². The van der Waals surface area contributed by atoms with Crippen LogP contribution in [0.15, 0.2) is 24.3 Å². The Morgan fingerprint density at radius 1 is 1.25 bits per heavy atom. The molecule has 0 aromatic heterocycles. The highest BCUT2D eigenvalue weighted by Crippen LogP contribution is 2.22. The summed E-state index contributed by atoms with van der Waals surface area (Å²) in [5.74, 6) is -1.32. The molecule has 1 aromatic carbocycles. The maximum atomic E-state index is 10.8. The molecule has 0 saturated carbocycles. The summed E-state index contributed by atoms with van der Waals surface area (Å²) >= 11 is 0.